The quantitative estimate of drug-likeness (QED) is 0.307. The van der Waals surface area contributed by atoms with Gasteiger partial charge in [-0.15, -0.1) is 0 Å². The number of hydrogen-bond acceptors (Lipinski definition) is 3. The lowest BCUT2D eigenvalue weighted by Gasteiger charge is -2.13. The first-order valence-corrected chi connectivity index (χ1v) is 8.75. The number of benzene rings is 4. The molecule has 0 saturated carbocycles. The number of pyridine rings is 1. The van der Waals surface area contributed by atoms with Crippen LogP contribution in [0, 0.1) is 0 Å². The largest absolute Gasteiger partial charge is 0.289 e. The van der Waals surface area contributed by atoms with Crippen molar-refractivity contribution in [2.24, 2.45) is 0 Å². The summed E-state index contributed by atoms with van der Waals surface area (Å²) in [7, 11) is 0. The monoisotopic (exact) mass is 348 g/mol. The molecule has 0 amide bonds. The Balaban J connectivity index is 2.04. The zero-order chi connectivity index (χ0) is 18.1. The van der Waals surface area contributed by atoms with Gasteiger partial charge in [-0.2, -0.15) is 0 Å². The maximum atomic E-state index is 13.2. The average molecular weight is 348 g/mol. The summed E-state index contributed by atoms with van der Waals surface area (Å²) in [6.45, 7) is 0. The minimum absolute atomic E-state index is 0.00940. The van der Waals surface area contributed by atoms with Crippen LogP contribution in [0.2, 0.25) is 0 Å². The molecule has 0 unspecified atom stereocenters. The summed E-state index contributed by atoms with van der Waals surface area (Å²) < 4.78 is 1.62. The van der Waals surface area contributed by atoms with Crippen LogP contribution >= 0.6 is 0 Å². The second kappa shape index (κ2) is 4.89. The van der Waals surface area contributed by atoms with Gasteiger partial charge in [0.05, 0.1) is 16.4 Å². The fraction of sp³-hybridized carbons (Fsp3) is 0. The Kier molecular flexibility index (Phi) is 2.60. The van der Waals surface area contributed by atoms with Crippen molar-refractivity contribution in [2.75, 3.05) is 0 Å². The Labute approximate surface area is 152 Å². The van der Waals surface area contributed by atoms with Gasteiger partial charge >= 0.3 is 0 Å². The van der Waals surface area contributed by atoms with Gasteiger partial charge < -0.3 is 0 Å². The first kappa shape index (κ1) is 14.4. The van der Waals surface area contributed by atoms with Crippen LogP contribution in [-0.4, -0.2) is 9.38 Å². The van der Waals surface area contributed by atoms with Gasteiger partial charge in [-0.05, 0) is 35.0 Å². The molecule has 0 fully saturated rings. The molecular weight excluding hydrogens is 336 g/mol. The topological polar surface area (TPSA) is 51.4 Å². The van der Waals surface area contributed by atoms with Crippen molar-refractivity contribution < 1.29 is 0 Å². The van der Waals surface area contributed by atoms with E-state index in [-0.39, 0.29) is 11.0 Å². The van der Waals surface area contributed by atoms with Crippen molar-refractivity contribution in [3.63, 3.8) is 0 Å². The van der Waals surface area contributed by atoms with Crippen LogP contribution in [0.3, 0.4) is 0 Å². The van der Waals surface area contributed by atoms with Crippen molar-refractivity contribution in [3.8, 4) is 0 Å². The number of rotatable bonds is 0. The zero-order valence-electron chi connectivity index (χ0n) is 14.1. The summed E-state index contributed by atoms with van der Waals surface area (Å²) in [6, 6.07) is 22.4. The van der Waals surface area contributed by atoms with E-state index in [1.165, 1.54) is 0 Å². The third kappa shape index (κ3) is 1.74. The standard InChI is InChI=1S/C23H12N2O2/c26-22-14-7-2-1-6-13(14)17-12-20-24-18-10-4-3-8-15(18)23(27)25(20)19-11-5-9-16(22)21(17)19/h1-12H. The maximum Gasteiger partial charge on any atom is 0.266 e. The predicted molar refractivity (Wildman–Crippen MR) is 109 cm³/mol. The summed E-state index contributed by atoms with van der Waals surface area (Å²) in [5, 5.41) is 4.52. The Morgan fingerprint density at radius 1 is 0.667 bits per heavy atom. The summed E-state index contributed by atoms with van der Waals surface area (Å²) in [5.41, 5.74) is 1.84. The van der Waals surface area contributed by atoms with Crippen LogP contribution in [0.1, 0.15) is 0 Å². The van der Waals surface area contributed by atoms with Crippen LogP contribution < -0.4 is 11.0 Å². The highest BCUT2D eigenvalue weighted by Crippen LogP contribution is 2.31. The molecule has 0 aliphatic carbocycles. The Morgan fingerprint density at radius 3 is 2.22 bits per heavy atom. The van der Waals surface area contributed by atoms with E-state index in [1.807, 2.05) is 66.7 Å². The zero-order valence-corrected chi connectivity index (χ0v) is 14.1. The van der Waals surface area contributed by atoms with E-state index in [1.54, 1.807) is 10.5 Å². The van der Waals surface area contributed by atoms with Crippen molar-refractivity contribution in [2.45, 2.75) is 0 Å². The number of nitrogens with zero attached hydrogens (tertiary/aromatic N) is 2. The summed E-state index contributed by atoms with van der Waals surface area (Å²) in [5.74, 6) is 0. The van der Waals surface area contributed by atoms with Gasteiger partial charge in [0, 0.05) is 16.2 Å². The maximum absolute atomic E-state index is 13.2. The molecule has 4 heteroatoms. The van der Waals surface area contributed by atoms with Crippen molar-refractivity contribution in [1.29, 1.82) is 0 Å². The second-order valence-electron chi connectivity index (χ2n) is 6.76. The van der Waals surface area contributed by atoms with Gasteiger partial charge in [0.2, 0.25) is 0 Å². The van der Waals surface area contributed by atoms with Crippen LogP contribution in [-0.2, 0) is 0 Å². The van der Waals surface area contributed by atoms with E-state index < -0.39 is 0 Å². The number of hydrogen-bond donors (Lipinski definition) is 0. The Hall–Kier alpha value is -3.79. The van der Waals surface area contributed by atoms with Gasteiger partial charge in [0.15, 0.2) is 5.43 Å². The molecule has 4 aromatic carbocycles. The SMILES string of the molecule is O=c1c2ccccc2c2cc3nc4ccccc4c(=O)n3c3cccc1c23. The molecule has 0 bridgehead atoms. The van der Waals surface area contributed by atoms with Crippen LogP contribution in [0.15, 0.2) is 82.4 Å². The molecule has 2 aromatic heterocycles. The molecule has 0 aliphatic heterocycles. The van der Waals surface area contributed by atoms with Gasteiger partial charge in [-0.25, -0.2) is 4.98 Å². The second-order valence-corrected chi connectivity index (χ2v) is 6.76. The van der Waals surface area contributed by atoms with Gasteiger partial charge in [0.1, 0.15) is 5.65 Å². The third-order valence-electron chi connectivity index (χ3n) is 5.33. The molecule has 6 aromatic rings. The van der Waals surface area contributed by atoms with Crippen molar-refractivity contribution in [1.82, 2.24) is 9.38 Å². The van der Waals surface area contributed by atoms with E-state index in [0.717, 1.165) is 16.2 Å². The van der Waals surface area contributed by atoms with E-state index in [2.05, 4.69) is 0 Å². The summed E-state index contributed by atoms with van der Waals surface area (Å²) >= 11 is 0. The predicted octanol–water partition coefficient (Wildman–Crippen LogP) is 4.11. The lowest BCUT2D eigenvalue weighted by molar-refractivity contribution is 1.13. The summed E-state index contributed by atoms with van der Waals surface area (Å²) in [6.07, 6.45) is 0. The molecule has 2 heterocycles. The van der Waals surface area contributed by atoms with E-state index in [0.29, 0.717) is 32.8 Å². The first-order valence-electron chi connectivity index (χ1n) is 8.75. The highest BCUT2D eigenvalue weighted by molar-refractivity contribution is 6.21. The Bertz CT molecular complexity index is 1670. The van der Waals surface area contributed by atoms with Crippen LogP contribution in [0.5, 0.6) is 0 Å². The highest BCUT2D eigenvalue weighted by atomic mass is 16.1. The molecule has 0 atom stereocenters. The molecule has 6 rings (SSSR count). The van der Waals surface area contributed by atoms with Gasteiger partial charge in [-0.3, -0.25) is 14.0 Å². The first-order chi connectivity index (χ1) is 13.2. The van der Waals surface area contributed by atoms with Crippen molar-refractivity contribution >= 4 is 49.0 Å². The molecule has 0 aliphatic rings. The number of aromatic nitrogens is 2. The number of fused-ring (bicyclic) bond motifs is 5. The minimum atomic E-state index is -0.120. The van der Waals surface area contributed by atoms with E-state index in [4.69, 9.17) is 4.98 Å². The third-order valence-corrected chi connectivity index (χ3v) is 5.33. The molecule has 0 N–H and O–H groups in total. The van der Waals surface area contributed by atoms with E-state index in [9.17, 15) is 9.59 Å². The highest BCUT2D eigenvalue weighted by Gasteiger charge is 2.16. The average Bonchev–Trinajstić information content (AvgIpc) is 2.71. The molecule has 126 valence electrons. The normalized spacial score (nSPS) is 12.0. The van der Waals surface area contributed by atoms with Gasteiger partial charge in [-0.1, -0.05) is 48.5 Å². The lowest BCUT2D eigenvalue weighted by atomic mass is 9.97. The Morgan fingerprint density at radius 2 is 1.37 bits per heavy atom. The van der Waals surface area contributed by atoms with Gasteiger partial charge in [0.25, 0.3) is 5.56 Å². The van der Waals surface area contributed by atoms with Crippen LogP contribution in [0.25, 0.3) is 49.0 Å². The fourth-order valence-electron chi connectivity index (χ4n) is 4.15. The van der Waals surface area contributed by atoms with Crippen molar-refractivity contribution in [3.05, 3.63) is 93.4 Å². The van der Waals surface area contributed by atoms with Crippen LogP contribution in [0.4, 0.5) is 0 Å². The summed E-state index contributed by atoms with van der Waals surface area (Å²) in [4.78, 5) is 30.9. The smallest absolute Gasteiger partial charge is 0.266 e. The molecule has 0 saturated heterocycles. The molecule has 4 nitrogen and oxygen atoms in total. The molecule has 0 radical (unpaired) electrons. The fourth-order valence-corrected chi connectivity index (χ4v) is 4.15. The minimum Gasteiger partial charge on any atom is -0.289 e. The molecule has 27 heavy (non-hydrogen) atoms. The molecule has 0 spiro atoms. The molecular formula is C23H12N2O2. The lowest BCUT2D eigenvalue weighted by Crippen LogP contribution is -2.17. The van der Waals surface area contributed by atoms with E-state index >= 15 is 0 Å². The number of para-hydroxylation sites is 1.